The summed E-state index contributed by atoms with van der Waals surface area (Å²) in [5.41, 5.74) is 2.14. The van der Waals surface area contributed by atoms with Crippen LogP contribution in [0.4, 0.5) is 15.8 Å². The van der Waals surface area contributed by atoms with E-state index in [1.54, 1.807) is 6.07 Å². The molecule has 2 N–H and O–H groups in total. The molecule has 1 spiro atoms. The number of nitrogens with one attached hydrogen (secondary N) is 2. The van der Waals surface area contributed by atoms with Crippen LogP contribution < -0.4 is 10.6 Å². The highest BCUT2D eigenvalue weighted by Crippen LogP contribution is 2.39. The maximum Gasteiger partial charge on any atom is 0.125 e. The summed E-state index contributed by atoms with van der Waals surface area (Å²) in [7, 11) is 0. The van der Waals surface area contributed by atoms with Crippen molar-refractivity contribution in [2.75, 3.05) is 17.2 Å². The van der Waals surface area contributed by atoms with Crippen molar-refractivity contribution in [3.05, 3.63) is 24.0 Å². The maximum absolute atomic E-state index is 13.1. The third-order valence-corrected chi connectivity index (χ3v) is 4.23. The molecule has 3 rings (SSSR count). The summed E-state index contributed by atoms with van der Waals surface area (Å²) < 4.78 is 13.1. The van der Waals surface area contributed by atoms with Crippen LogP contribution in [0.2, 0.25) is 0 Å². The summed E-state index contributed by atoms with van der Waals surface area (Å²) >= 11 is 0. The molecule has 2 nitrogen and oxygen atoms in total. The first kappa shape index (κ1) is 10.9. The monoisotopic (exact) mass is 234 g/mol. The van der Waals surface area contributed by atoms with Gasteiger partial charge < -0.3 is 10.6 Å². The second-order valence-electron chi connectivity index (χ2n) is 5.63. The van der Waals surface area contributed by atoms with Gasteiger partial charge in [0.1, 0.15) is 5.82 Å². The Kier molecular flexibility index (Phi) is 2.49. The molecular weight excluding hydrogens is 215 g/mol. The fraction of sp³-hybridized carbons (Fsp3) is 0.571. The van der Waals surface area contributed by atoms with E-state index in [-0.39, 0.29) is 11.4 Å². The third kappa shape index (κ3) is 1.99. The minimum atomic E-state index is -0.175. The number of hydrogen-bond donors (Lipinski definition) is 2. The lowest BCUT2D eigenvalue weighted by Crippen LogP contribution is -2.50. The molecule has 0 atom stereocenters. The minimum absolute atomic E-state index is 0.175. The highest BCUT2D eigenvalue weighted by atomic mass is 19.1. The molecule has 0 radical (unpaired) electrons. The van der Waals surface area contributed by atoms with Gasteiger partial charge in [-0.15, -0.1) is 0 Å². The summed E-state index contributed by atoms with van der Waals surface area (Å²) in [6, 6.07) is 4.94. The van der Waals surface area contributed by atoms with Crippen LogP contribution >= 0.6 is 0 Å². The number of halogens is 1. The highest BCUT2D eigenvalue weighted by molar-refractivity contribution is 5.72. The lowest BCUT2D eigenvalue weighted by atomic mass is 9.76. The normalized spacial score (nSPS) is 31.5. The Morgan fingerprint density at radius 2 is 2.00 bits per heavy atom. The van der Waals surface area contributed by atoms with Crippen LogP contribution in [0.25, 0.3) is 0 Å². The quantitative estimate of drug-likeness (QED) is 0.716. The predicted octanol–water partition coefficient (Wildman–Crippen LogP) is 3.61. The lowest BCUT2D eigenvalue weighted by Gasteiger charge is -2.44. The van der Waals surface area contributed by atoms with Gasteiger partial charge in [-0.1, -0.05) is 6.92 Å². The second-order valence-corrected chi connectivity index (χ2v) is 5.63. The van der Waals surface area contributed by atoms with E-state index < -0.39 is 0 Å². The molecule has 1 aromatic rings. The minimum Gasteiger partial charge on any atom is -0.381 e. The zero-order chi connectivity index (χ0) is 11.9. The fourth-order valence-electron chi connectivity index (χ4n) is 2.98. The SMILES string of the molecule is CC1CCC2(CC1)CNc1cc(F)ccc1N2. The van der Waals surface area contributed by atoms with Gasteiger partial charge in [0.2, 0.25) is 0 Å². The van der Waals surface area contributed by atoms with Gasteiger partial charge >= 0.3 is 0 Å². The standard InChI is InChI=1S/C14H19FN2/c1-10-4-6-14(7-5-10)9-16-13-8-11(15)2-3-12(13)17-14/h2-3,8,10,16-17H,4-7,9H2,1H3. The van der Waals surface area contributed by atoms with Gasteiger partial charge in [0, 0.05) is 6.54 Å². The van der Waals surface area contributed by atoms with Gasteiger partial charge in [-0.25, -0.2) is 4.39 Å². The van der Waals surface area contributed by atoms with Crippen molar-refractivity contribution in [2.24, 2.45) is 5.92 Å². The van der Waals surface area contributed by atoms with Crippen molar-refractivity contribution in [1.82, 2.24) is 0 Å². The summed E-state index contributed by atoms with van der Waals surface area (Å²) in [6.07, 6.45) is 4.98. The molecule has 1 aliphatic carbocycles. The maximum atomic E-state index is 13.1. The van der Waals surface area contributed by atoms with E-state index >= 15 is 0 Å². The number of benzene rings is 1. The van der Waals surface area contributed by atoms with Crippen LogP contribution in [0.1, 0.15) is 32.6 Å². The van der Waals surface area contributed by atoms with Gasteiger partial charge in [0.25, 0.3) is 0 Å². The largest absolute Gasteiger partial charge is 0.381 e. The summed E-state index contributed by atoms with van der Waals surface area (Å²) in [5, 5.41) is 7.01. The van der Waals surface area contributed by atoms with Gasteiger partial charge in [0.15, 0.2) is 0 Å². The van der Waals surface area contributed by atoms with E-state index in [2.05, 4.69) is 17.6 Å². The van der Waals surface area contributed by atoms with E-state index in [0.717, 1.165) is 23.8 Å². The zero-order valence-electron chi connectivity index (χ0n) is 10.2. The Balaban J connectivity index is 1.83. The molecule has 0 amide bonds. The van der Waals surface area contributed by atoms with E-state index in [0.29, 0.717) is 0 Å². The molecule has 1 aromatic carbocycles. The van der Waals surface area contributed by atoms with Crippen LogP contribution in [-0.4, -0.2) is 12.1 Å². The van der Waals surface area contributed by atoms with Crippen LogP contribution in [-0.2, 0) is 0 Å². The van der Waals surface area contributed by atoms with Gasteiger partial charge in [-0.05, 0) is 49.8 Å². The number of hydrogen-bond acceptors (Lipinski definition) is 2. The molecule has 0 unspecified atom stereocenters. The fourth-order valence-corrected chi connectivity index (χ4v) is 2.98. The number of fused-ring (bicyclic) bond motifs is 1. The average Bonchev–Trinajstić information content (AvgIpc) is 2.34. The smallest absolute Gasteiger partial charge is 0.125 e. The number of anilines is 2. The number of rotatable bonds is 0. The van der Waals surface area contributed by atoms with Crippen LogP contribution in [0.3, 0.4) is 0 Å². The van der Waals surface area contributed by atoms with Crippen molar-refractivity contribution >= 4 is 11.4 Å². The summed E-state index contributed by atoms with van der Waals surface area (Å²) in [6.45, 7) is 3.24. The molecule has 3 heteroatoms. The van der Waals surface area contributed by atoms with Crippen molar-refractivity contribution in [1.29, 1.82) is 0 Å². The summed E-state index contributed by atoms with van der Waals surface area (Å²) in [4.78, 5) is 0. The predicted molar refractivity (Wildman–Crippen MR) is 68.9 cm³/mol. The first-order valence-electron chi connectivity index (χ1n) is 6.49. The van der Waals surface area contributed by atoms with Crippen molar-refractivity contribution < 1.29 is 4.39 Å². The first-order valence-corrected chi connectivity index (χ1v) is 6.49. The molecule has 0 saturated heterocycles. The Morgan fingerprint density at radius 3 is 2.76 bits per heavy atom. The summed E-state index contributed by atoms with van der Waals surface area (Å²) in [5.74, 6) is 0.670. The van der Waals surface area contributed by atoms with E-state index in [4.69, 9.17) is 0 Å². The molecule has 2 aliphatic rings. The third-order valence-electron chi connectivity index (χ3n) is 4.23. The molecular formula is C14H19FN2. The highest BCUT2D eigenvalue weighted by Gasteiger charge is 2.36. The van der Waals surface area contributed by atoms with Gasteiger partial charge in [0.05, 0.1) is 16.9 Å². The van der Waals surface area contributed by atoms with Gasteiger partial charge in [-0.2, -0.15) is 0 Å². The molecule has 1 saturated carbocycles. The Hall–Kier alpha value is -1.25. The first-order chi connectivity index (χ1) is 8.17. The van der Waals surface area contributed by atoms with Crippen molar-refractivity contribution in [2.45, 2.75) is 38.1 Å². The van der Waals surface area contributed by atoms with E-state index in [9.17, 15) is 4.39 Å². The average molecular weight is 234 g/mol. The van der Waals surface area contributed by atoms with Crippen LogP contribution in [0.15, 0.2) is 18.2 Å². The Bertz CT molecular complexity index is 422. The molecule has 1 fully saturated rings. The molecule has 1 heterocycles. The Morgan fingerprint density at radius 1 is 1.24 bits per heavy atom. The zero-order valence-corrected chi connectivity index (χ0v) is 10.2. The van der Waals surface area contributed by atoms with Crippen LogP contribution in [0, 0.1) is 11.7 Å². The molecule has 1 aliphatic heterocycles. The molecule has 0 bridgehead atoms. The molecule has 92 valence electrons. The van der Waals surface area contributed by atoms with Crippen LogP contribution in [0.5, 0.6) is 0 Å². The van der Waals surface area contributed by atoms with Crippen molar-refractivity contribution in [3.63, 3.8) is 0 Å². The Labute approximate surface area is 102 Å². The molecule has 0 aromatic heterocycles. The topological polar surface area (TPSA) is 24.1 Å². The lowest BCUT2D eigenvalue weighted by molar-refractivity contribution is 0.274. The molecule has 17 heavy (non-hydrogen) atoms. The van der Waals surface area contributed by atoms with E-state index in [1.807, 2.05) is 6.07 Å². The van der Waals surface area contributed by atoms with Gasteiger partial charge in [-0.3, -0.25) is 0 Å². The second kappa shape index (κ2) is 3.90. The van der Waals surface area contributed by atoms with E-state index in [1.165, 1.54) is 31.7 Å². The van der Waals surface area contributed by atoms with Crippen molar-refractivity contribution in [3.8, 4) is 0 Å².